The molecular weight excluding hydrogens is 334 g/mol. The van der Waals surface area contributed by atoms with Crippen molar-refractivity contribution in [3.8, 4) is 5.75 Å². The molecule has 1 N–H and O–H groups in total. The van der Waals surface area contributed by atoms with Crippen LogP contribution in [-0.2, 0) is 7.05 Å². The number of hydrogen-bond acceptors (Lipinski definition) is 4. The first-order valence-electron chi connectivity index (χ1n) is 7.42. The number of nitrogens with zero attached hydrogens (tertiary/aromatic N) is 3. The van der Waals surface area contributed by atoms with Crippen LogP contribution in [-0.4, -0.2) is 50.9 Å². The molecule has 1 aromatic carbocycles. The number of carbonyl (C=O) groups is 2. The number of aromatic nitrogens is 2. The SMILES string of the molecule is Cn1ncc(C(=O)O)c1C(=O)N1CCC(Oc2ccc(Cl)cc2)C1. The quantitative estimate of drug-likeness (QED) is 0.913. The van der Waals surface area contributed by atoms with Gasteiger partial charge in [0.15, 0.2) is 0 Å². The van der Waals surface area contributed by atoms with Crippen molar-refractivity contribution in [3.05, 3.63) is 46.7 Å². The second kappa shape index (κ2) is 6.52. The molecule has 0 aliphatic carbocycles. The first-order valence-corrected chi connectivity index (χ1v) is 7.80. The van der Waals surface area contributed by atoms with Gasteiger partial charge in [-0.3, -0.25) is 9.48 Å². The van der Waals surface area contributed by atoms with Gasteiger partial charge < -0.3 is 14.7 Å². The number of aromatic carboxylic acids is 1. The summed E-state index contributed by atoms with van der Waals surface area (Å²) in [6.45, 7) is 0.896. The normalized spacial score (nSPS) is 17.1. The lowest BCUT2D eigenvalue weighted by Crippen LogP contribution is -2.33. The Morgan fingerprint density at radius 3 is 2.71 bits per heavy atom. The Morgan fingerprint density at radius 1 is 1.33 bits per heavy atom. The minimum Gasteiger partial charge on any atom is -0.489 e. The molecule has 0 radical (unpaired) electrons. The van der Waals surface area contributed by atoms with Crippen molar-refractivity contribution in [1.82, 2.24) is 14.7 Å². The average molecular weight is 350 g/mol. The van der Waals surface area contributed by atoms with E-state index in [4.69, 9.17) is 16.3 Å². The van der Waals surface area contributed by atoms with Gasteiger partial charge in [-0.05, 0) is 24.3 Å². The third kappa shape index (κ3) is 3.21. The van der Waals surface area contributed by atoms with Crippen LogP contribution < -0.4 is 4.74 Å². The molecular formula is C16H16ClN3O4. The second-order valence-electron chi connectivity index (χ2n) is 5.57. The van der Waals surface area contributed by atoms with Crippen LogP contribution >= 0.6 is 11.6 Å². The molecule has 2 aromatic rings. The molecule has 1 unspecified atom stereocenters. The Balaban J connectivity index is 1.69. The Kier molecular flexibility index (Phi) is 4.44. The fourth-order valence-corrected chi connectivity index (χ4v) is 2.84. The van der Waals surface area contributed by atoms with Crippen molar-refractivity contribution in [2.45, 2.75) is 12.5 Å². The molecule has 2 heterocycles. The molecule has 7 nitrogen and oxygen atoms in total. The van der Waals surface area contributed by atoms with Crippen LogP contribution in [0.15, 0.2) is 30.5 Å². The number of benzene rings is 1. The number of halogens is 1. The van der Waals surface area contributed by atoms with Crippen molar-refractivity contribution in [2.24, 2.45) is 7.05 Å². The number of amides is 1. The van der Waals surface area contributed by atoms with Gasteiger partial charge in [-0.1, -0.05) is 11.6 Å². The van der Waals surface area contributed by atoms with Crippen LogP contribution in [0, 0.1) is 0 Å². The minimum atomic E-state index is -1.17. The van der Waals surface area contributed by atoms with Crippen LogP contribution in [0.25, 0.3) is 0 Å². The monoisotopic (exact) mass is 349 g/mol. The van der Waals surface area contributed by atoms with Crippen LogP contribution in [0.2, 0.25) is 5.02 Å². The van der Waals surface area contributed by atoms with E-state index in [0.717, 1.165) is 0 Å². The van der Waals surface area contributed by atoms with E-state index in [0.29, 0.717) is 30.3 Å². The predicted octanol–water partition coefficient (Wildman–Crippen LogP) is 2.07. The van der Waals surface area contributed by atoms with Gasteiger partial charge in [0.1, 0.15) is 23.1 Å². The highest BCUT2D eigenvalue weighted by Gasteiger charge is 2.32. The Hall–Kier alpha value is -2.54. The summed E-state index contributed by atoms with van der Waals surface area (Å²) in [7, 11) is 1.55. The molecule has 1 fully saturated rings. The second-order valence-corrected chi connectivity index (χ2v) is 6.01. The van der Waals surface area contributed by atoms with E-state index in [2.05, 4.69) is 5.10 Å². The molecule has 0 saturated carbocycles. The summed E-state index contributed by atoms with van der Waals surface area (Å²) in [6.07, 6.45) is 1.72. The van der Waals surface area contributed by atoms with Crippen LogP contribution in [0.1, 0.15) is 27.3 Å². The first-order chi connectivity index (χ1) is 11.5. The molecule has 1 aliphatic rings. The Morgan fingerprint density at radius 2 is 2.04 bits per heavy atom. The summed E-state index contributed by atoms with van der Waals surface area (Å²) in [5, 5.41) is 13.7. The average Bonchev–Trinajstić information content (AvgIpc) is 3.16. The molecule has 24 heavy (non-hydrogen) atoms. The van der Waals surface area contributed by atoms with Gasteiger partial charge in [-0.25, -0.2) is 4.79 Å². The predicted molar refractivity (Wildman–Crippen MR) is 86.6 cm³/mol. The third-order valence-electron chi connectivity index (χ3n) is 3.92. The molecule has 1 atom stereocenters. The molecule has 0 bridgehead atoms. The number of ether oxygens (including phenoxy) is 1. The first kappa shape index (κ1) is 16.3. The minimum absolute atomic E-state index is 0.0784. The topological polar surface area (TPSA) is 84.7 Å². The van der Waals surface area contributed by atoms with E-state index in [9.17, 15) is 14.7 Å². The van der Waals surface area contributed by atoms with Gasteiger partial charge in [0, 0.05) is 25.0 Å². The number of rotatable bonds is 4. The lowest BCUT2D eigenvalue weighted by atomic mass is 10.2. The standard InChI is InChI=1S/C16H16ClN3O4/c1-19-14(13(8-18-19)16(22)23)15(21)20-7-6-12(9-20)24-11-4-2-10(17)3-5-11/h2-5,8,12H,6-7,9H2,1H3,(H,22,23). The number of carbonyl (C=O) groups excluding carboxylic acids is 1. The van der Waals surface area contributed by atoms with E-state index in [1.165, 1.54) is 10.9 Å². The number of likely N-dealkylation sites (tertiary alicyclic amines) is 1. The van der Waals surface area contributed by atoms with Crippen molar-refractivity contribution in [2.75, 3.05) is 13.1 Å². The summed E-state index contributed by atoms with van der Waals surface area (Å²) in [4.78, 5) is 25.4. The number of hydrogen-bond donors (Lipinski definition) is 1. The number of aryl methyl sites for hydroxylation is 1. The van der Waals surface area contributed by atoms with E-state index >= 15 is 0 Å². The molecule has 1 aromatic heterocycles. The summed E-state index contributed by atoms with van der Waals surface area (Å²) in [5.41, 5.74) is -0.0146. The van der Waals surface area contributed by atoms with E-state index < -0.39 is 5.97 Å². The molecule has 1 aliphatic heterocycles. The zero-order chi connectivity index (χ0) is 17.3. The molecule has 1 saturated heterocycles. The Labute approximate surface area is 143 Å². The fraction of sp³-hybridized carbons (Fsp3) is 0.312. The van der Waals surface area contributed by atoms with Crippen molar-refractivity contribution < 1.29 is 19.4 Å². The fourth-order valence-electron chi connectivity index (χ4n) is 2.71. The zero-order valence-corrected chi connectivity index (χ0v) is 13.7. The highest BCUT2D eigenvalue weighted by molar-refractivity contribution is 6.30. The summed E-state index contributed by atoms with van der Waals surface area (Å²) in [5.74, 6) is -0.834. The highest BCUT2D eigenvalue weighted by atomic mass is 35.5. The number of carboxylic acids is 1. The van der Waals surface area contributed by atoms with Crippen LogP contribution in [0.4, 0.5) is 0 Å². The van der Waals surface area contributed by atoms with Gasteiger partial charge >= 0.3 is 5.97 Å². The maximum atomic E-state index is 12.6. The molecule has 8 heteroatoms. The van der Waals surface area contributed by atoms with E-state index in [1.807, 2.05) is 0 Å². The van der Waals surface area contributed by atoms with Gasteiger partial charge in [0.25, 0.3) is 5.91 Å². The van der Waals surface area contributed by atoms with Gasteiger partial charge in [-0.2, -0.15) is 5.10 Å². The lowest BCUT2D eigenvalue weighted by molar-refractivity contribution is 0.0676. The lowest BCUT2D eigenvalue weighted by Gasteiger charge is -2.17. The van der Waals surface area contributed by atoms with Crippen molar-refractivity contribution in [1.29, 1.82) is 0 Å². The summed E-state index contributed by atoms with van der Waals surface area (Å²) < 4.78 is 7.14. The zero-order valence-electron chi connectivity index (χ0n) is 13.0. The van der Waals surface area contributed by atoms with Gasteiger partial charge in [-0.15, -0.1) is 0 Å². The van der Waals surface area contributed by atoms with Crippen molar-refractivity contribution >= 4 is 23.5 Å². The van der Waals surface area contributed by atoms with E-state index in [-0.39, 0.29) is 23.3 Å². The molecule has 1 amide bonds. The largest absolute Gasteiger partial charge is 0.489 e. The van der Waals surface area contributed by atoms with Crippen LogP contribution in [0.3, 0.4) is 0 Å². The smallest absolute Gasteiger partial charge is 0.339 e. The molecule has 3 rings (SSSR count). The summed E-state index contributed by atoms with van der Waals surface area (Å²) in [6, 6.07) is 7.03. The third-order valence-corrected chi connectivity index (χ3v) is 4.17. The van der Waals surface area contributed by atoms with Gasteiger partial charge in [0.2, 0.25) is 0 Å². The Bertz CT molecular complexity index is 772. The van der Waals surface area contributed by atoms with Crippen LogP contribution in [0.5, 0.6) is 5.75 Å². The highest BCUT2D eigenvalue weighted by Crippen LogP contribution is 2.22. The van der Waals surface area contributed by atoms with Crippen molar-refractivity contribution in [3.63, 3.8) is 0 Å². The van der Waals surface area contributed by atoms with Gasteiger partial charge in [0.05, 0.1) is 12.7 Å². The maximum Gasteiger partial charge on any atom is 0.339 e. The molecule has 126 valence electrons. The molecule has 0 spiro atoms. The number of carboxylic acid groups (broad SMARTS) is 1. The van der Waals surface area contributed by atoms with E-state index in [1.54, 1.807) is 36.2 Å². The maximum absolute atomic E-state index is 12.6. The summed E-state index contributed by atoms with van der Waals surface area (Å²) >= 11 is 5.84.